The Hall–Kier alpha value is -2.14. The molecule has 22 heavy (non-hydrogen) atoms. The Balaban J connectivity index is 1.64. The van der Waals surface area contributed by atoms with E-state index < -0.39 is 0 Å². The van der Waals surface area contributed by atoms with Gasteiger partial charge in [-0.15, -0.1) is 11.3 Å². The van der Waals surface area contributed by atoms with E-state index in [1.807, 2.05) is 48.5 Å². The highest BCUT2D eigenvalue weighted by atomic mass is 32.1. The predicted octanol–water partition coefficient (Wildman–Crippen LogP) is 3.44. The van der Waals surface area contributed by atoms with Crippen LogP contribution in [0.3, 0.4) is 0 Å². The SMILES string of the molecule is Cn1cccc1CN(C(=O)c1nc2ccccc2s1)C1CC1. The predicted molar refractivity (Wildman–Crippen MR) is 87.9 cm³/mol. The van der Waals surface area contributed by atoms with Crippen molar-refractivity contribution in [3.05, 3.63) is 53.3 Å². The third-order valence-electron chi connectivity index (χ3n) is 4.11. The van der Waals surface area contributed by atoms with Crippen LogP contribution in [0.2, 0.25) is 0 Å². The minimum Gasteiger partial charge on any atom is -0.353 e. The van der Waals surface area contributed by atoms with Gasteiger partial charge in [0.25, 0.3) is 5.91 Å². The van der Waals surface area contributed by atoms with Gasteiger partial charge < -0.3 is 9.47 Å². The second-order valence-corrected chi connectivity index (χ2v) is 6.79. The van der Waals surface area contributed by atoms with Crippen molar-refractivity contribution in [1.29, 1.82) is 0 Å². The Morgan fingerprint density at radius 2 is 2.14 bits per heavy atom. The van der Waals surface area contributed by atoms with Gasteiger partial charge in [-0.25, -0.2) is 4.98 Å². The maximum atomic E-state index is 12.9. The van der Waals surface area contributed by atoms with Gasteiger partial charge in [-0.1, -0.05) is 12.1 Å². The number of hydrogen-bond donors (Lipinski definition) is 0. The van der Waals surface area contributed by atoms with Gasteiger partial charge in [0.2, 0.25) is 0 Å². The molecular weight excluding hydrogens is 294 g/mol. The summed E-state index contributed by atoms with van der Waals surface area (Å²) in [7, 11) is 2.02. The zero-order chi connectivity index (χ0) is 15.1. The zero-order valence-electron chi connectivity index (χ0n) is 12.4. The first kappa shape index (κ1) is 13.5. The van der Waals surface area contributed by atoms with Crippen LogP contribution < -0.4 is 0 Å². The van der Waals surface area contributed by atoms with E-state index in [2.05, 4.69) is 15.6 Å². The lowest BCUT2D eigenvalue weighted by atomic mass is 10.3. The lowest BCUT2D eigenvalue weighted by Gasteiger charge is -2.21. The van der Waals surface area contributed by atoms with E-state index >= 15 is 0 Å². The summed E-state index contributed by atoms with van der Waals surface area (Å²) >= 11 is 1.49. The molecule has 0 atom stereocenters. The molecule has 4 rings (SSSR count). The molecule has 0 spiro atoms. The summed E-state index contributed by atoms with van der Waals surface area (Å²) in [6, 6.07) is 12.4. The van der Waals surface area contributed by atoms with Gasteiger partial charge in [0, 0.05) is 25.0 Å². The Morgan fingerprint density at radius 3 is 2.82 bits per heavy atom. The smallest absolute Gasteiger partial charge is 0.283 e. The summed E-state index contributed by atoms with van der Waals surface area (Å²) < 4.78 is 3.14. The first-order valence-corrected chi connectivity index (χ1v) is 8.31. The molecule has 1 aliphatic carbocycles. The summed E-state index contributed by atoms with van der Waals surface area (Å²) in [6.45, 7) is 0.656. The number of para-hydroxylation sites is 1. The second kappa shape index (κ2) is 5.25. The van der Waals surface area contributed by atoms with Gasteiger partial charge in [-0.2, -0.15) is 0 Å². The quantitative estimate of drug-likeness (QED) is 0.740. The average molecular weight is 311 g/mol. The Bertz CT molecular complexity index is 798. The number of carbonyl (C=O) groups is 1. The van der Waals surface area contributed by atoms with Crippen LogP contribution in [0, 0.1) is 0 Å². The number of rotatable bonds is 4. The summed E-state index contributed by atoms with van der Waals surface area (Å²) in [4.78, 5) is 19.4. The molecule has 0 radical (unpaired) electrons. The lowest BCUT2D eigenvalue weighted by Crippen LogP contribution is -2.33. The van der Waals surface area contributed by atoms with Crippen LogP contribution in [0.5, 0.6) is 0 Å². The molecule has 0 bridgehead atoms. The molecule has 2 heterocycles. The number of hydrogen-bond acceptors (Lipinski definition) is 3. The minimum absolute atomic E-state index is 0.0601. The van der Waals surface area contributed by atoms with Gasteiger partial charge in [0.1, 0.15) is 0 Å². The maximum absolute atomic E-state index is 12.9. The number of thiazole rings is 1. The number of aryl methyl sites for hydroxylation is 1. The van der Waals surface area contributed by atoms with Crippen LogP contribution in [-0.4, -0.2) is 26.4 Å². The van der Waals surface area contributed by atoms with Gasteiger partial charge in [-0.05, 0) is 37.1 Å². The largest absolute Gasteiger partial charge is 0.353 e. The second-order valence-electron chi connectivity index (χ2n) is 5.76. The third kappa shape index (κ3) is 2.41. The van der Waals surface area contributed by atoms with Crippen LogP contribution in [0.4, 0.5) is 0 Å². The first-order valence-electron chi connectivity index (χ1n) is 7.49. The van der Waals surface area contributed by atoms with Gasteiger partial charge in [-0.3, -0.25) is 4.79 Å². The number of amides is 1. The molecule has 0 N–H and O–H groups in total. The standard InChI is InChI=1S/C17H17N3OS/c1-19-10-4-5-13(19)11-20(12-8-9-12)17(21)16-18-14-6-2-3-7-15(14)22-16/h2-7,10,12H,8-9,11H2,1H3. The van der Waals surface area contributed by atoms with Crippen molar-refractivity contribution in [2.45, 2.75) is 25.4 Å². The van der Waals surface area contributed by atoms with Crippen molar-refractivity contribution in [3.63, 3.8) is 0 Å². The monoisotopic (exact) mass is 311 g/mol. The molecule has 5 heteroatoms. The topological polar surface area (TPSA) is 38.1 Å². The normalized spacial score (nSPS) is 14.4. The van der Waals surface area contributed by atoms with Crippen LogP contribution in [-0.2, 0) is 13.6 Å². The summed E-state index contributed by atoms with van der Waals surface area (Å²) in [5.74, 6) is 0.0601. The Morgan fingerprint density at radius 1 is 1.32 bits per heavy atom. The average Bonchev–Trinajstić information content (AvgIpc) is 3.14. The molecule has 1 amide bonds. The van der Waals surface area contributed by atoms with Crippen LogP contribution in [0.1, 0.15) is 28.3 Å². The molecule has 3 aromatic rings. The molecule has 2 aromatic heterocycles. The van der Waals surface area contributed by atoms with Gasteiger partial charge in [0.15, 0.2) is 5.01 Å². The van der Waals surface area contributed by atoms with Crippen molar-refractivity contribution in [3.8, 4) is 0 Å². The summed E-state index contributed by atoms with van der Waals surface area (Å²) in [6.07, 6.45) is 4.21. The van der Waals surface area contributed by atoms with Crippen molar-refractivity contribution >= 4 is 27.5 Å². The molecule has 1 aromatic carbocycles. The van der Waals surface area contributed by atoms with Crippen LogP contribution in [0.25, 0.3) is 10.2 Å². The summed E-state index contributed by atoms with van der Waals surface area (Å²) in [5, 5.41) is 0.599. The molecule has 1 fully saturated rings. The molecule has 0 aliphatic heterocycles. The molecule has 1 saturated carbocycles. The van der Waals surface area contributed by atoms with E-state index in [0.717, 1.165) is 28.8 Å². The molecule has 0 saturated heterocycles. The number of aromatic nitrogens is 2. The van der Waals surface area contributed by atoms with Crippen LogP contribution in [0.15, 0.2) is 42.6 Å². The van der Waals surface area contributed by atoms with Gasteiger partial charge >= 0.3 is 0 Å². The number of fused-ring (bicyclic) bond motifs is 1. The fraction of sp³-hybridized carbons (Fsp3) is 0.294. The maximum Gasteiger partial charge on any atom is 0.283 e. The number of carbonyl (C=O) groups excluding carboxylic acids is 1. The Labute approximate surface area is 133 Å². The van der Waals surface area contributed by atoms with Crippen molar-refractivity contribution < 1.29 is 4.79 Å². The van der Waals surface area contributed by atoms with E-state index in [-0.39, 0.29) is 5.91 Å². The van der Waals surface area contributed by atoms with Crippen LogP contribution >= 0.6 is 11.3 Å². The van der Waals surface area contributed by atoms with E-state index in [9.17, 15) is 4.79 Å². The van der Waals surface area contributed by atoms with Crippen molar-refractivity contribution in [2.24, 2.45) is 7.05 Å². The molecule has 0 unspecified atom stereocenters. The first-order chi connectivity index (χ1) is 10.7. The molecule has 1 aliphatic rings. The highest BCUT2D eigenvalue weighted by Gasteiger charge is 2.34. The van der Waals surface area contributed by atoms with Crippen molar-refractivity contribution in [1.82, 2.24) is 14.5 Å². The fourth-order valence-electron chi connectivity index (χ4n) is 2.67. The number of benzene rings is 1. The van der Waals surface area contributed by atoms with E-state index in [1.54, 1.807) is 0 Å². The third-order valence-corrected chi connectivity index (χ3v) is 5.13. The lowest BCUT2D eigenvalue weighted by molar-refractivity contribution is 0.0726. The summed E-state index contributed by atoms with van der Waals surface area (Å²) in [5.41, 5.74) is 2.06. The van der Waals surface area contributed by atoms with Crippen molar-refractivity contribution in [2.75, 3.05) is 0 Å². The zero-order valence-corrected chi connectivity index (χ0v) is 13.2. The van der Waals surface area contributed by atoms with E-state index in [1.165, 1.54) is 11.3 Å². The Kier molecular flexibility index (Phi) is 3.22. The minimum atomic E-state index is 0.0601. The molecule has 4 nitrogen and oxygen atoms in total. The number of nitrogens with zero attached hydrogens (tertiary/aromatic N) is 3. The van der Waals surface area contributed by atoms with E-state index in [4.69, 9.17) is 0 Å². The molecule has 112 valence electrons. The fourth-order valence-corrected chi connectivity index (χ4v) is 3.60. The highest BCUT2D eigenvalue weighted by molar-refractivity contribution is 7.20. The highest BCUT2D eigenvalue weighted by Crippen LogP contribution is 2.31. The van der Waals surface area contributed by atoms with E-state index in [0.29, 0.717) is 17.6 Å². The molecular formula is C17H17N3OS. The van der Waals surface area contributed by atoms with Gasteiger partial charge in [0.05, 0.1) is 16.8 Å².